The van der Waals surface area contributed by atoms with E-state index in [0.717, 1.165) is 5.56 Å². The summed E-state index contributed by atoms with van der Waals surface area (Å²) in [5.74, 6) is -0.660. The maximum Gasteiger partial charge on any atom is 0.250 e. The quantitative estimate of drug-likeness (QED) is 0.747. The van der Waals surface area contributed by atoms with E-state index in [1.54, 1.807) is 24.7 Å². The first-order chi connectivity index (χ1) is 12.3. The standard InChI is InChI=1S/C18H16N6O/c19-11-15(8-7-14-5-2-1-3-6-14)17(25)23-16-12-22-24(13-16)18-20-9-4-10-21-18/h1-6,9-10,12-13,15H,7-8H2,(H,23,25). The van der Waals surface area contributed by atoms with E-state index in [9.17, 15) is 10.1 Å². The Hall–Kier alpha value is -3.53. The minimum Gasteiger partial charge on any atom is -0.322 e. The largest absolute Gasteiger partial charge is 0.322 e. The van der Waals surface area contributed by atoms with E-state index >= 15 is 0 Å². The third-order valence-corrected chi connectivity index (χ3v) is 3.64. The Morgan fingerprint density at radius 1 is 1.20 bits per heavy atom. The third-order valence-electron chi connectivity index (χ3n) is 3.64. The molecule has 0 saturated carbocycles. The van der Waals surface area contributed by atoms with Gasteiger partial charge < -0.3 is 5.32 Å². The molecule has 7 heteroatoms. The first-order valence-electron chi connectivity index (χ1n) is 7.83. The average molecular weight is 332 g/mol. The Kier molecular flexibility index (Phi) is 5.12. The highest BCUT2D eigenvalue weighted by molar-refractivity contribution is 5.93. The van der Waals surface area contributed by atoms with E-state index in [1.807, 2.05) is 30.3 Å². The molecule has 0 aliphatic rings. The van der Waals surface area contributed by atoms with Gasteiger partial charge in [0.1, 0.15) is 5.92 Å². The molecular weight excluding hydrogens is 316 g/mol. The van der Waals surface area contributed by atoms with Crippen LogP contribution in [-0.4, -0.2) is 25.7 Å². The van der Waals surface area contributed by atoms with Gasteiger partial charge in [-0.05, 0) is 24.5 Å². The number of rotatable bonds is 6. The van der Waals surface area contributed by atoms with Crippen LogP contribution in [0, 0.1) is 17.2 Å². The maximum absolute atomic E-state index is 12.3. The molecule has 0 fully saturated rings. The minimum absolute atomic E-state index is 0.341. The van der Waals surface area contributed by atoms with Crippen molar-refractivity contribution in [3.63, 3.8) is 0 Å². The number of carbonyl (C=O) groups excluding carboxylic acids is 1. The zero-order valence-electron chi connectivity index (χ0n) is 13.4. The van der Waals surface area contributed by atoms with Crippen LogP contribution in [0.2, 0.25) is 0 Å². The molecule has 124 valence electrons. The number of carbonyl (C=O) groups is 1. The van der Waals surface area contributed by atoms with Crippen LogP contribution in [0.4, 0.5) is 5.69 Å². The van der Waals surface area contributed by atoms with Crippen LogP contribution in [0.3, 0.4) is 0 Å². The summed E-state index contributed by atoms with van der Waals surface area (Å²) in [7, 11) is 0. The first kappa shape index (κ1) is 16.3. The second-order valence-corrected chi connectivity index (χ2v) is 5.42. The number of benzene rings is 1. The summed E-state index contributed by atoms with van der Waals surface area (Å²) in [5, 5.41) is 16.1. The second kappa shape index (κ2) is 7.84. The van der Waals surface area contributed by atoms with Crippen molar-refractivity contribution in [1.29, 1.82) is 5.26 Å². The van der Waals surface area contributed by atoms with Crippen LogP contribution in [-0.2, 0) is 11.2 Å². The first-order valence-corrected chi connectivity index (χ1v) is 7.83. The van der Waals surface area contributed by atoms with Crippen molar-refractivity contribution in [3.8, 4) is 12.0 Å². The molecule has 0 radical (unpaired) electrons. The Labute approximate surface area is 145 Å². The molecule has 0 bridgehead atoms. The highest BCUT2D eigenvalue weighted by Gasteiger charge is 2.18. The van der Waals surface area contributed by atoms with Crippen molar-refractivity contribution in [3.05, 3.63) is 66.7 Å². The van der Waals surface area contributed by atoms with Crippen LogP contribution in [0.5, 0.6) is 0 Å². The molecular formula is C18H16N6O. The zero-order valence-corrected chi connectivity index (χ0v) is 13.4. The van der Waals surface area contributed by atoms with Gasteiger partial charge in [-0.25, -0.2) is 14.6 Å². The molecule has 1 atom stereocenters. The molecule has 0 spiro atoms. The lowest BCUT2D eigenvalue weighted by Gasteiger charge is -2.09. The normalized spacial score (nSPS) is 11.5. The maximum atomic E-state index is 12.3. The van der Waals surface area contributed by atoms with Gasteiger partial charge in [0.2, 0.25) is 11.9 Å². The fraction of sp³-hybridized carbons (Fsp3) is 0.167. The monoisotopic (exact) mass is 332 g/mol. The van der Waals surface area contributed by atoms with E-state index in [4.69, 9.17) is 0 Å². The van der Waals surface area contributed by atoms with Crippen LogP contribution in [0.25, 0.3) is 5.95 Å². The van der Waals surface area contributed by atoms with Gasteiger partial charge in [-0.15, -0.1) is 0 Å². The Morgan fingerprint density at radius 2 is 1.96 bits per heavy atom. The fourth-order valence-electron chi connectivity index (χ4n) is 2.35. The SMILES string of the molecule is N#CC(CCc1ccccc1)C(=O)Nc1cnn(-c2ncccn2)c1. The molecule has 1 aromatic carbocycles. The molecule has 0 aliphatic carbocycles. The van der Waals surface area contributed by atoms with Crippen LogP contribution in [0.1, 0.15) is 12.0 Å². The average Bonchev–Trinajstić information content (AvgIpc) is 3.12. The van der Waals surface area contributed by atoms with Crippen molar-refractivity contribution in [2.75, 3.05) is 5.32 Å². The van der Waals surface area contributed by atoms with E-state index in [-0.39, 0.29) is 5.91 Å². The predicted octanol–water partition coefficient (Wildman–Crippen LogP) is 2.37. The number of anilines is 1. The molecule has 1 N–H and O–H groups in total. The van der Waals surface area contributed by atoms with Crippen molar-refractivity contribution in [1.82, 2.24) is 19.7 Å². The van der Waals surface area contributed by atoms with Gasteiger partial charge >= 0.3 is 0 Å². The molecule has 1 amide bonds. The molecule has 2 heterocycles. The smallest absolute Gasteiger partial charge is 0.250 e. The van der Waals surface area contributed by atoms with Crippen LogP contribution >= 0.6 is 0 Å². The molecule has 2 aromatic heterocycles. The summed E-state index contributed by atoms with van der Waals surface area (Å²) < 4.78 is 1.46. The molecule has 1 unspecified atom stereocenters. The number of hydrogen-bond acceptors (Lipinski definition) is 5. The Balaban J connectivity index is 1.61. The lowest BCUT2D eigenvalue weighted by Crippen LogP contribution is -2.22. The number of hydrogen-bond donors (Lipinski definition) is 1. The summed E-state index contributed by atoms with van der Waals surface area (Å²) in [6.45, 7) is 0. The molecule has 25 heavy (non-hydrogen) atoms. The summed E-state index contributed by atoms with van der Waals surface area (Å²) in [4.78, 5) is 20.5. The number of nitrogens with one attached hydrogen (secondary N) is 1. The minimum atomic E-state index is -0.725. The van der Waals surface area contributed by atoms with Crippen molar-refractivity contribution in [2.45, 2.75) is 12.8 Å². The van der Waals surface area contributed by atoms with Crippen molar-refractivity contribution in [2.24, 2.45) is 5.92 Å². The fourth-order valence-corrected chi connectivity index (χ4v) is 2.35. The molecule has 7 nitrogen and oxygen atoms in total. The summed E-state index contributed by atoms with van der Waals surface area (Å²) in [5.41, 5.74) is 1.60. The second-order valence-electron chi connectivity index (χ2n) is 5.42. The molecule has 3 aromatic rings. The van der Waals surface area contributed by atoms with Gasteiger partial charge in [-0.1, -0.05) is 30.3 Å². The Bertz CT molecular complexity index is 869. The predicted molar refractivity (Wildman–Crippen MR) is 91.6 cm³/mol. The molecule has 0 saturated heterocycles. The van der Waals surface area contributed by atoms with E-state index in [1.165, 1.54) is 10.9 Å². The van der Waals surface area contributed by atoms with E-state index < -0.39 is 5.92 Å². The van der Waals surface area contributed by atoms with Crippen LogP contribution in [0.15, 0.2) is 61.2 Å². The number of aromatic nitrogens is 4. The van der Waals surface area contributed by atoms with Gasteiger partial charge in [-0.3, -0.25) is 4.79 Å². The third kappa shape index (κ3) is 4.26. The van der Waals surface area contributed by atoms with Gasteiger partial charge in [0.25, 0.3) is 0 Å². The number of nitrogens with zero attached hydrogens (tertiary/aromatic N) is 5. The van der Waals surface area contributed by atoms with Gasteiger partial charge in [0.15, 0.2) is 0 Å². The highest BCUT2D eigenvalue weighted by Crippen LogP contribution is 2.14. The van der Waals surface area contributed by atoms with Crippen molar-refractivity contribution < 1.29 is 4.79 Å². The van der Waals surface area contributed by atoms with E-state index in [0.29, 0.717) is 24.5 Å². The summed E-state index contributed by atoms with van der Waals surface area (Å²) in [6.07, 6.45) is 7.46. The highest BCUT2D eigenvalue weighted by atomic mass is 16.1. The van der Waals surface area contributed by atoms with Gasteiger partial charge in [-0.2, -0.15) is 10.4 Å². The van der Waals surface area contributed by atoms with Gasteiger partial charge in [0, 0.05) is 12.4 Å². The van der Waals surface area contributed by atoms with E-state index in [2.05, 4.69) is 26.5 Å². The lowest BCUT2D eigenvalue weighted by atomic mass is 10.00. The Morgan fingerprint density at radius 3 is 2.68 bits per heavy atom. The summed E-state index contributed by atoms with van der Waals surface area (Å²) >= 11 is 0. The topological polar surface area (TPSA) is 96.5 Å². The lowest BCUT2D eigenvalue weighted by molar-refractivity contribution is -0.118. The molecule has 0 aliphatic heterocycles. The number of nitriles is 1. The number of aryl methyl sites for hydroxylation is 1. The number of amides is 1. The zero-order chi connectivity index (χ0) is 17.5. The van der Waals surface area contributed by atoms with Crippen LogP contribution < -0.4 is 5.32 Å². The van der Waals surface area contributed by atoms with Crippen molar-refractivity contribution >= 4 is 11.6 Å². The van der Waals surface area contributed by atoms with Gasteiger partial charge in [0.05, 0.1) is 24.2 Å². The molecule has 3 rings (SSSR count). The summed E-state index contributed by atoms with van der Waals surface area (Å²) in [6, 6.07) is 13.6.